The van der Waals surface area contributed by atoms with Gasteiger partial charge in [0.05, 0.1) is 21.5 Å². The first-order chi connectivity index (χ1) is 27.7. The number of nitrogens with zero attached hydrogens (tertiary/aromatic N) is 4. The van der Waals surface area contributed by atoms with E-state index < -0.39 is 0 Å². The second-order valence-electron chi connectivity index (χ2n) is 14.8. The average molecular weight is 850 g/mol. The zero-order valence-corrected chi connectivity index (χ0v) is 35.4. The predicted molar refractivity (Wildman–Crippen MR) is 236 cm³/mol. The van der Waals surface area contributed by atoms with E-state index in [-0.39, 0.29) is 29.4 Å². The third-order valence-corrected chi connectivity index (χ3v) is 11.6. The van der Waals surface area contributed by atoms with Gasteiger partial charge in [0.25, 0.3) is 0 Å². The van der Waals surface area contributed by atoms with Crippen molar-refractivity contribution in [3.63, 3.8) is 0 Å². The van der Waals surface area contributed by atoms with Gasteiger partial charge >= 0.3 is 0 Å². The number of nitrogens with one attached hydrogen (secondary N) is 2. The van der Waals surface area contributed by atoms with Crippen molar-refractivity contribution in [2.24, 2.45) is 7.05 Å². The number of piperazine rings is 2. The molecule has 2 aliphatic rings. The van der Waals surface area contributed by atoms with Crippen molar-refractivity contribution >= 4 is 55.0 Å². The van der Waals surface area contributed by atoms with Gasteiger partial charge in [0.15, 0.2) is 6.54 Å². The number of aromatic nitrogens is 2. The molecule has 6 aromatic carbocycles. The minimum absolute atomic E-state index is 0. The lowest BCUT2D eigenvalue weighted by atomic mass is 9.95. The summed E-state index contributed by atoms with van der Waals surface area (Å²) in [6.45, 7) is 13.3. The highest BCUT2D eigenvalue weighted by molar-refractivity contribution is 6.08. The Balaban J connectivity index is 0.000000171. The minimum Gasteiger partial charge on any atom is -1.00 e. The van der Waals surface area contributed by atoms with Crippen LogP contribution in [0.1, 0.15) is 0 Å². The van der Waals surface area contributed by atoms with Gasteiger partial charge in [0, 0.05) is 99.1 Å². The number of aryl methyl sites for hydroxylation is 1. The maximum absolute atomic E-state index is 3.97. The number of hydrogen-bond acceptors (Lipinski definition) is 4. The number of rotatable bonds is 6. The van der Waals surface area contributed by atoms with Crippen molar-refractivity contribution in [3.05, 3.63) is 158 Å². The lowest BCUT2D eigenvalue weighted by Crippen LogP contribution is -3.00. The summed E-state index contributed by atoms with van der Waals surface area (Å²) in [7, 11) is 2.15. The van der Waals surface area contributed by atoms with Gasteiger partial charge in [-0.3, -0.25) is 0 Å². The van der Waals surface area contributed by atoms with Gasteiger partial charge in [-0.1, -0.05) is 79.4 Å². The Morgan fingerprint density at radius 1 is 0.500 bits per heavy atom. The van der Waals surface area contributed by atoms with E-state index in [4.69, 9.17) is 0 Å². The Labute approximate surface area is 358 Å². The molecule has 2 aliphatic heterocycles. The molecule has 0 spiro atoms. The Kier molecular flexibility index (Phi) is 13.0. The number of hydrogen-bond donors (Lipinski definition) is 2. The van der Waals surface area contributed by atoms with Crippen molar-refractivity contribution in [1.29, 1.82) is 0 Å². The van der Waals surface area contributed by atoms with Crippen LogP contribution in [0, 0.1) is 0 Å². The molecule has 2 N–H and O–H groups in total. The Hall–Kier alpha value is -5.31. The largest absolute Gasteiger partial charge is 1.00 e. The van der Waals surface area contributed by atoms with E-state index in [1.54, 1.807) is 0 Å². The number of benzene rings is 6. The van der Waals surface area contributed by atoms with Crippen molar-refractivity contribution in [2.45, 2.75) is 6.54 Å². The van der Waals surface area contributed by atoms with Gasteiger partial charge in [-0.2, -0.15) is 9.13 Å². The first-order valence-electron chi connectivity index (χ1n) is 20.1. The molecule has 8 heteroatoms. The highest BCUT2D eigenvalue weighted by Crippen LogP contribution is 2.36. The Morgan fingerprint density at radius 2 is 0.828 bits per heavy atom. The van der Waals surface area contributed by atoms with E-state index in [2.05, 4.69) is 189 Å². The fourth-order valence-electron chi connectivity index (χ4n) is 8.82. The SMILES string of the molecule is C=CC[n+]1c2ccccc2c(-c2ccc(N3CCNCC3)cc2)c2ccccc21.C[n+]1c2ccccc2c(-c2ccc(N3CCNCC3)cc2)c2ccccc21.[Br-].[Cl-]. The molecular formula is C50H50BrClN6. The van der Waals surface area contributed by atoms with Crippen molar-refractivity contribution in [3.8, 4) is 22.3 Å². The van der Waals surface area contributed by atoms with E-state index in [1.807, 2.05) is 6.08 Å². The smallest absolute Gasteiger partial charge is 0.213 e. The summed E-state index contributed by atoms with van der Waals surface area (Å²) >= 11 is 0. The summed E-state index contributed by atoms with van der Waals surface area (Å²) in [5.74, 6) is 0. The molecule has 0 radical (unpaired) electrons. The molecule has 8 aromatic rings. The van der Waals surface area contributed by atoms with E-state index >= 15 is 0 Å². The first-order valence-corrected chi connectivity index (χ1v) is 20.1. The van der Waals surface area contributed by atoms with Crippen LogP contribution in [0.3, 0.4) is 0 Å². The van der Waals surface area contributed by atoms with Gasteiger partial charge in [0.2, 0.25) is 22.1 Å². The van der Waals surface area contributed by atoms with Gasteiger partial charge in [0.1, 0.15) is 7.05 Å². The van der Waals surface area contributed by atoms with Crippen LogP contribution in [-0.4, -0.2) is 52.4 Å². The van der Waals surface area contributed by atoms with E-state index in [1.165, 1.54) is 77.2 Å². The maximum Gasteiger partial charge on any atom is 0.213 e. The van der Waals surface area contributed by atoms with E-state index in [9.17, 15) is 0 Å². The molecule has 0 amide bonds. The fourth-order valence-corrected chi connectivity index (χ4v) is 8.82. The molecule has 294 valence electrons. The van der Waals surface area contributed by atoms with Gasteiger partial charge in [-0.25, -0.2) is 0 Å². The molecule has 4 heterocycles. The molecule has 0 atom stereocenters. The summed E-state index contributed by atoms with van der Waals surface area (Å²) in [6, 6.07) is 53.0. The molecule has 2 fully saturated rings. The summed E-state index contributed by atoms with van der Waals surface area (Å²) in [5.41, 5.74) is 12.8. The van der Waals surface area contributed by atoms with Crippen LogP contribution < -0.4 is 59.0 Å². The Bertz CT molecular complexity index is 2560. The summed E-state index contributed by atoms with van der Waals surface area (Å²) in [4.78, 5) is 4.92. The van der Waals surface area contributed by atoms with E-state index in [0.717, 1.165) is 58.9 Å². The monoisotopic (exact) mass is 848 g/mol. The molecule has 10 rings (SSSR count). The van der Waals surface area contributed by atoms with Crippen LogP contribution in [0.5, 0.6) is 0 Å². The van der Waals surface area contributed by atoms with Crippen LogP contribution >= 0.6 is 0 Å². The third kappa shape index (κ3) is 7.92. The number of fused-ring (bicyclic) bond motifs is 4. The topological polar surface area (TPSA) is 38.3 Å². The molecule has 0 bridgehead atoms. The summed E-state index contributed by atoms with van der Waals surface area (Å²) < 4.78 is 4.65. The summed E-state index contributed by atoms with van der Waals surface area (Å²) in [6.07, 6.45) is 1.97. The van der Waals surface area contributed by atoms with Crippen LogP contribution in [0.4, 0.5) is 11.4 Å². The summed E-state index contributed by atoms with van der Waals surface area (Å²) in [5, 5.41) is 12.0. The van der Waals surface area contributed by atoms with Crippen molar-refractivity contribution in [2.75, 3.05) is 62.2 Å². The van der Waals surface area contributed by atoms with Gasteiger partial charge in [-0.15, -0.1) is 0 Å². The minimum atomic E-state index is 0. The highest BCUT2D eigenvalue weighted by atomic mass is 79.9. The molecule has 0 aliphatic carbocycles. The zero-order chi connectivity index (χ0) is 37.8. The van der Waals surface area contributed by atoms with Crippen molar-refractivity contribution < 1.29 is 38.5 Å². The number of allylic oxidation sites excluding steroid dienone is 1. The van der Waals surface area contributed by atoms with Crippen LogP contribution in [0.2, 0.25) is 0 Å². The number of pyridine rings is 2. The molecule has 6 nitrogen and oxygen atoms in total. The fraction of sp³-hybridized carbons (Fsp3) is 0.200. The van der Waals surface area contributed by atoms with Crippen LogP contribution in [0.25, 0.3) is 65.9 Å². The zero-order valence-electron chi connectivity index (χ0n) is 33.0. The van der Waals surface area contributed by atoms with Crippen molar-refractivity contribution in [1.82, 2.24) is 10.6 Å². The van der Waals surface area contributed by atoms with Gasteiger partial charge < -0.3 is 49.8 Å². The maximum atomic E-state index is 3.97. The molecule has 0 saturated carbocycles. The number of halogens is 2. The second kappa shape index (κ2) is 18.5. The van der Waals surface area contributed by atoms with Gasteiger partial charge in [-0.05, 0) is 65.7 Å². The molecule has 2 aromatic heterocycles. The lowest BCUT2D eigenvalue weighted by Gasteiger charge is -2.29. The van der Waals surface area contributed by atoms with Crippen LogP contribution in [-0.2, 0) is 13.6 Å². The second-order valence-corrected chi connectivity index (χ2v) is 14.8. The molecule has 58 heavy (non-hydrogen) atoms. The molecule has 2 saturated heterocycles. The Morgan fingerprint density at radius 3 is 1.19 bits per heavy atom. The number of anilines is 2. The standard InChI is InChI=1S/C26H26N3.C24H24N3.BrH.ClH/c1-2-17-29-24-9-5-3-7-22(24)26(23-8-4-6-10-25(23)29)20-11-13-21(14-12-20)28-18-15-27-16-19-28;1-26-22-8-4-2-6-20(22)24(21-7-3-5-9-23(21)26)18-10-12-19(13-11-18)27-16-14-25-15-17-27;;/h2-14,27H,1,15-19H2;2-13,25H,14-17H2,1H3;2*1H/q2*+1;;/p-2. The number of para-hydroxylation sites is 4. The van der Waals surface area contributed by atoms with E-state index in [0.29, 0.717) is 0 Å². The lowest BCUT2D eigenvalue weighted by molar-refractivity contribution is -0.634. The molecular weight excluding hydrogens is 800 g/mol. The first kappa shape index (κ1) is 40.9. The predicted octanol–water partition coefficient (Wildman–Crippen LogP) is 2.45. The average Bonchev–Trinajstić information content (AvgIpc) is 3.28. The quantitative estimate of drug-likeness (QED) is 0.154. The third-order valence-electron chi connectivity index (χ3n) is 11.6. The molecule has 0 unspecified atom stereocenters. The normalized spacial score (nSPS) is 14.1. The highest BCUT2D eigenvalue weighted by Gasteiger charge is 2.22. The van der Waals surface area contributed by atoms with Crippen LogP contribution in [0.15, 0.2) is 158 Å².